The number of benzene rings is 1. The van der Waals surface area contributed by atoms with Gasteiger partial charge in [0.1, 0.15) is 17.5 Å². The number of aromatic hydroxyl groups is 1. The predicted molar refractivity (Wildman–Crippen MR) is 61.3 cm³/mol. The van der Waals surface area contributed by atoms with Crippen LogP contribution in [0.2, 0.25) is 0 Å². The highest BCUT2D eigenvalue weighted by Crippen LogP contribution is 2.36. The Bertz CT molecular complexity index is 458. The summed E-state index contributed by atoms with van der Waals surface area (Å²) in [6, 6.07) is 2.41. The first kappa shape index (κ1) is 11.7. The van der Waals surface area contributed by atoms with Crippen molar-refractivity contribution in [1.82, 2.24) is 5.32 Å². The summed E-state index contributed by atoms with van der Waals surface area (Å²) in [5, 5.41) is 21.6. The fourth-order valence-corrected chi connectivity index (χ4v) is 2.32. The van der Waals surface area contributed by atoms with Gasteiger partial charge in [0.05, 0.1) is 7.11 Å². The van der Waals surface area contributed by atoms with Crippen molar-refractivity contribution in [3.05, 3.63) is 23.3 Å². The smallest absolute Gasteiger partial charge is 0.321 e. The molecule has 1 aromatic rings. The lowest BCUT2D eigenvalue weighted by Gasteiger charge is -2.30. The van der Waals surface area contributed by atoms with Gasteiger partial charge in [-0.15, -0.1) is 0 Å². The number of ether oxygens (including phenoxy) is 1. The lowest BCUT2D eigenvalue weighted by Crippen LogP contribution is -2.43. The van der Waals surface area contributed by atoms with Crippen molar-refractivity contribution in [2.24, 2.45) is 0 Å². The first-order valence-electron chi connectivity index (χ1n) is 5.41. The molecule has 0 saturated heterocycles. The van der Waals surface area contributed by atoms with Crippen molar-refractivity contribution < 1.29 is 19.7 Å². The summed E-state index contributed by atoms with van der Waals surface area (Å²) in [6.07, 6.45) is 0.347. The van der Waals surface area contributed by atoms with E-state index in [1.807, 2.05) is 6.92 Å². The molecular formula is C12H15NO4. The van der Waals surface area contributed by atoms with E-state index in [1.165, 1.54) is 13.2 Å². The van der Waals surface area contributed by atoms with Crippen LogP contribution < -0.4 is 10.1 Å². The lowest BCUT2D eigenvalue weighted by molar-refractivity contribution is -0.139. The number of carbonyl (C=O) groups is 1. The molecule has 3 N–H and O–H groups in total. The van der Waals surface area contributed by atoms with E-state index in [4.69, 9.17) is 9.84 Å². The van der Waals surface area contributed by atoms with Crippen LogP contribution in [0.15, 0.2) is 12.1 Å². The molecule has 1 aromatic carbocycles. The molecule has 1 heterocycles. The van der Waals surface area contributed by atoms with Crippen LogP contribution in [0.25, 0.3) is 0 Å². The second-order valence-electron chi connectivity index (χ2n) is 4.20. The number of carboxylic acid groups (broad SMARTS) is 1. The maximum Gasteiger partial charge on any atom is 0.321 e. The Morgan fingerprint density at radius 2 is 2.24 bits per heavy atom. The molecule has 5 nitrogen and oxygen atoms in total. The standard InChI is InChI=1S/C12H15NO4/c1-6-11-7(4-9(13-6)12(15)16)3-8(14)5-10(11)17-2/h3,5-6,9,13-14H,4H2,1-2H3,(H,15,16). The third-order valence-electron chi connectivity index (χ3n) is 3.04. The average molecular weight is 237 g/mol. The molecule has 2 rings (SSSR count). The number of methoxy groups -OCH3 is 1. The van der Waals surface area contributed by atoms with E-state index < -0.39 is 12.0 Å². The Hall–Kier alpha value is -1.75. The average Bonchev–Trinajstić information content (AvgIpc) is 2.26. The minimum Gasteiger partial charge on any atom is -0.508 e. The molecular weight excluding hydrogens is 222 g/mol. The number of carboxylic acids is 1. The third kappa shape index (κ3) is 2.06. The van der Waals surface area contributed by atoms with Crippen LogP contribution >= 0.6 is 0 Å². The molecule has 0 saturated carbocycles. The summed E-state index contributed by atoms with van der Waals surface area (Å²) >= 11 is 0. The van der Waals surface area contributed by atoms with E-state index in [-0.39, 0.29) is 11.8 Å². The van der Waals surface area contributed by atoms with Crippen LogP contribution in [0.3, 0.4) is 0 Å². The van der Waals surface area contributed by atoms with Gasteiger partial charge in [-0.3, -0.25) is 10.1 Å². The Morgan fingerprint density at radius 3 is 2.82 bits per heavy atom. The number of phenolic OH excluding ortho intramolecular Hbond substituents is 1. The molecule has 0 bridgehead atoms. The highest BCUT2D eigenvalue weighted by atomic mass is 16.5. The number of hydrogen-bond acceptors (Lipinski definition) is 4. The topological polar surface area (TPSA) is 78.8 Å². The largest absolute Gasteiger partial charge is 0.508 e. The molecule has 0 aromatic heterocycles. The number of fused-ring (bicyclic) bond motifs is 1. The Morgan fingerprint density at radius 1 is 1.53 bits per heavy atom. The van der Waals surface area contributed by atoms with E-state index in [0.29, 0.717) is 12.2 Å². The second kappa shape index (κ2) is 4.25. The number of nitrogens with one attached hydrogen (secondary N) is 1. The molecule has 0 aliphatic carbocycles. The molecule has 1 aliphatic rings. The SMILES string of the molecule is COc1cc(O)cc2c1C(C)NC(C(=O)O)C2. The highest BCUT2D eigenvalue weighted by molar-refractivity contribution is 5.75. The molecule has 0 amide bonds. The summed E-state index contributed by atoms with van der Waals surface area (Å²) < 4.78 is 5.21. The maximum atomic E-state index is 11.0. The first-order chi connectivity index (χ1) is 8.02. The molecule has 1 aliphatic heterocycles. The molecule has 0 spiro atoms. The molecule has 5 heteroatoms. The van der Waals surface area contributed by atoms with E-state index in [9.17, 15) is 9.90 Å². The van der Waals surface area contributed by atoms with Crippen molar-refractivity contribution in [2.45, 2.75) is 25.4 Å². The van der Waals surface area contributed by atoms with Crippen molar-refractivity contribution in [2.75, 3.05) is 7.11 Å². The van der Waals surface area contributed by atoms with E-state index >= 15 is 0 Å². The number of rotatable bonds is 2. The van der Waals surface area contributed by atoms with Crippen molar-refractivity contribution in [3.63, 3.8) is 0 Å². The van der Waals surface area contributed by atoms with Crippen LogP contribution in [0.5, 0.6) is 11.5 Å². The number of aliphatic carboxylic acids is 1. The number of phenols is 1. The zero-order valence-electron chi connectivity index (χ0n) is 9.73. The quantitative estimate of drug-likeness (QED) is 0.716. The van der Waals surface area contributed by atoms with Crippen molar-refractivity contribution in [3.8, 4) is 11.5 Å². The van der Waals surface area contributed by atoms with Crippen molar-refractivity contribution >= 4 is 5.97 Å². The predicted octanol–water partition coefficient (Wildman–Crippen LogP) is 1.06. The summed E-state index contributed by atoms with van der Waals surface area (Å²) in [4.78, 5) is 11.0. The molecule has 92 valence electrons. The van der Waals surface area contributed by atoms with Crippen LogP contribution in [0.4, 0.5) is 0 Å². The summed E-state index contributed by atoms with van der Waals surface area (Å²) in [6.45, 7) is 1.88. The van der Waals surface area contributed by atoms with Gasteiger partial charge in [-0.1, -0.05) is 0 Å². The number of hydrogen-bond donors (Lipinski definition) is 3. The van der Waals surface area contributed by atoms with E-state index in [2.05, 4.69) is 5.32 Å². The van der Waals surface area contributed by atoms with Gasteiger partial charge in [0.15, 0.2) is 0 Å². The Labute approximate surface area is 99.0 Å². The van der Waals surface area contributed by atoms with Gasteiger partial charge in [0.2, 0.25) is 0 Å². The molecule has 0 fully saturated rings. The van der Waals surface area contributed by atoms with Crippen LogP contribution in [-0.2, 0) is 11.2 Å². The van der Waals surface area contributed by atoms with E-state index in [1.54, 1.807) is 6.07 Å². The van der Waals surface area contributed by atoms with Crippen LogP contribution in [-0.4, -0.2) is 29.3 Å². The van der Waals surface area contributed by atoms with Crippen molar-refractivity contribution in [1.29, 1.82) is 0 Å². The second-order valence-corrected chi connectivity index (χ2v) is 4.20. The van der Waals surface area contributed by atoms with Crippen LogP contribution in [0, 0.1) is 0 Å². The van der Waals surface area contributed by atoms with Gasteiger partial charge in [0.25, 0.3) is 0 Å². The van der Waals surface area contributed by atoms with Gasteiger partial charge >= 0.3 is 5.97 Å². The molecule has 17 heavy (non-hydrogen) atoms. The van der Waals surface area contributed by atoms with Gasteiger partial charge in [-0.2, -0.15) is 0 Å². The zero-order chi connectivity index (χ0) is 12.6. The summed E-state index contributed by atoms with van der Waals surface area (Å²) in [5.41, 5.74) is 1.74. The Balaban J connectivity index is 2.47. The van der Waals surface area contributed by atoms with Gasteiger partial charge in [-0.25, -0.2) is 0 Å². The van der Waals surface area contributed by atoms with Gasteiger partial charge in [0, 0.05) is 17.7 Å². The fourth-order valence-electron chi connectivity index (χ4n) is 2.32. The zero-order valence-corrected chi connectivity index (χ0v) is 9.73. The van der Waals surface area contributed by atoms with Crippen LogP contribution in [0.1, 0.15) is 24.1 Å². The first-order valence-corrected chi connectivity index (χ1v) is 5.41. The van der Waals surface area contributed by atoms with Gasteiger partial charge in [-0.05, 0) is 25.0 Å². The van der Waals surface area contributed by atoms with Gasteiger partial charge < -0.3 is 14.9 Å². The third-order valence-corrected chi connectivity index (χ3v) is 3.04. The summed E-state index contributed by atoms with van der Waals surface area (Å²) in [5.74, 6) is -0.201. The maximum absolute atomic E-state index is 11.0. The molecule has 2 unspecified atom stereocenters. The molecule has 0 radical (unpaired) electrons. The lowest BCUT2D eigenvalue weighted by atomic mass is 9.90. The van der Waals surface area contributed by atoms with E-state index in [0.717, 1.165) is 11.1 Å². The summed E-state index contributed by atoms with van der Waals surface area (Å²) in [7, 11) is 1.53. The minimum absolute atomic E-state index is 0.0961. The normalized spacial score (nSPS) is 22.9. The highest BCUT2D eigenvalue weighted by Gasteiger charge is 2.30. The molecule has 2 atom stereocenters. The minimum atomic E-state index is -0.884. The fraction of sp³-hybridized carbons (Fsp3) is 0.417. The Kier molecular flexibility index (Phi) is 2.93. The monoisotopic (exact) mass is 237 g/mol.